The Morgan fingerprint density at radius 3 is 2.47 bits per heavy atom. The maximum Gasteiger partial charge on any atom is 0.123 e. The first kappa shape index (κ1) is 13.4. The van der Waals surface area contributed by atoms with E-state index < -0.39 is 0 Å². The van der Waals surface area contributed by atoms with Crippen LogP contribution in [0.25, 0.3) is 0 Å². The zero-order valence-electron chi connectivity index (χ0n) is 11.2. The average molecular weight is 259 g/mol. The second kappa shape index (κ2) is 5.74. The normalized spacial score (nSPS) is 12.2. The second-order valence-electron chi connectivity index (χ2n) is 4.62. The van der Waals surface area contributed by atoms with Crippen LogP contribution in [-0.4, -0.2) is 5.11 Å². The molecule has 2 aromatic carbocycles. The van der Waals surface area contributed by atoms with Crippen LogP contribution >= 0.6 is 0 Å². The predicted molar refractivity (Wildman–Crippen MR) is 75.9 cm³/mol. The zero-order valence-corrected chi connectivity index (χ0v) is 11.2. The molecule has 0 heterocycles. The third kappa shape index (κ3) is 3.25. The van der Waals surface area contributed by atoms with Crippen molar-refractivity contribution in [2.24, 2.45) is 0 Å². The standard InChI is InChI=1S/C16H18FNO/c1-3-12-4-7-14(8-5-12)18-11(2)15-10-13(17)6-9-16(15)19/h4-11,18-19H,3H2,1-2H3. The molecule has 0 amide bonds. The van der Waals surface area contributed by atoms with E-state index in [1.807, 2.05) is 19.1 Å². The van der Waals surface area contributed by atoms with Crippen molar-refractivity contribution in [1.29, 1.82) is 0 Å². The van der Waals surface area contributed by atoms with Crippen LogP contribution in [0.3, 0.4) is 0 Å². The molecule has 1 unspecified atom stereocenters. The van der Waals surface area contributed by atoms with Gasteiger partial charge in [-0.25, -0.2) is 4.39 Å². The van der Waals surface area contributed by atoms with Gasteiger partial charge in [0.15, 0.2) is 0 Å². The number of rotatable bonds is 4. The van der Waals surface area contributed by atoms with Crippen LogP contribution in [0.15, 0.2) is 42.5 Å². The summed E-state index contributed by atoms with van der Waals surface area (Å²) in [7, 11) is 0. The Kier molecular flexibility index (Phi) is 4.05. The number of anilines is 1. The second-order valence-corrected chi connectivity index (χ2v) is 4.62. The lowest BCUT2D eigenvalue weighted by Crippen LogP contribution is -2.07. The lowest BCUT2D eigenvalue weighted by molar-refractivity contribution is 0.462. The molecule has 0 aromatic heterocycles. The van der Waals surface area contributed by atoms with Gasteiger partial charge in [0.05, 0.1) is 6.04 Å². The molecule has 3 heteroatoms. The van der Waals surface area contributed by atoms with E-state index in [0.717, 1.165) is 12.1 Å². The van der Waals surface area contributed by atoms with E-state index in [1.165, 1.54) is 23.8 Å². The van der Waals surface area contributed by atoms with Gasteiger partial charge in [-0.05, 0) is 49.2 Å². The minimum absolute atomic E-state index is 0.103. The molecule has 0 spiro atoms. The Balaban J connectivity index is 2.15. The van der Waals surface area contributed by atoms with E-state index in [1.54, 1.807) is 0 Å². The van der Waals surface area contributed by atoms with Gasteiger partial charge in [0, 0.05) is 11.3 Å². The lowest BCUT2D eigenvalue weighted by Gasteiger charge is -2.17. The van der Waals surface area contributed by atoms with Crippen LogP contribution < -0.4 is 5.32 Å². The first-order chi connectivity index (χ1) is 9.10. The van der Waals surface area contributed by atoms with Crippen LogP contribution in [-0.2, 0) is 6.42 Å². The van der Waals surface area contributed by atoms with Crippen molar-refractivity contribution in [2.45, 2.75) is 26.3 Å². The summed E-state index contributed by atoms with van der Waals surface area (Å²) in [5.74, 6) is -0.241. The van der Waals surface area contributed by atoms with E-state index in [9.17, 15) is 9.50 Å². The Labute approximate surface area is 112 Å². The SMILES string of the molecule is CCc1ccc(NC(C)c2cc(F)ccc2O)cc1. The fraction of sp³-hybridized carbons (Fsp3) is 0.250. The first-order valence-electron chi connectivity index (χ1n) is 6.44. The van der Waals surface area contributed by atoms with Crippen molar-refractivity contribution in [3.05, 3.63) is 59.4 Å². The minimum atomic E-state index is -0.345. The minimum Gasteiger partial charge on any atom is -0.508 e. The molecule has 0 fully saturated rings. The third-order valence-corrected chi connectivity index (χ3v) is 3.20. The Morgan fingerprint density at radius 2 is 1.84 bits per heavy atom. The van der Waals surface area contributed by atoms with Gasteiger partial charge in [0.25, 0.3) is 0 Å². The summed E-state index contributed by atoms with van der Waals surface area (Å²) in [5.41, 5.74) is 2.78. The Morgan fingerprint density at radius 1 is 1.16 bits per heavy atom. The summed E-state index contributed by atoms with van der Waals surface area (Å²) < 4.78 is 13.2. The summed E-state index contributed by atoms with van der Waals surface area (Å²) in [5, 5.41) is 13.0. The molecule has 19 heavy (non-hydrogen) atoms. The molecule has 0 aliphatic rings. The van der Waals surface area contributed by atoms with Crippen molar-refractivity contribution in [1.82, 2.24) is 0 Å². The van der Waals surface area contributed by atoms with Gasteiger partial charge in [-0.3, -0.25) is 0 Å². The van der Waals surface area contributed by atoms with Crippen LogP contribution in [0, 0.1) is 5.82 Å². The summed E-state index contributed by atoms with van der Waals surface area (Å²) in [4.78, 5) is 0. The summed E-state index contributed by atoms with van der Waals surface area (Å²) in [6.45, 7) is 4.00. The van der Waals surface area contributed by atoms with E-state index in [0.29, 0.717) is 5.56 Å². The van der Waals surface area contributed by atoms with Crippen molar-refractivity contribution >= 4 is 5.69 Å². The first-order valence-corrected chi connectivity index (χ1v) is 6.44. The molecule has 2 aromatic rings. The molecule has 0 radical (unpaired) electrons. The highest BCUT2D eigenvalue weighted by Crippen LogP contribution is 2.27. The number of phenolic OH excluding ortho intramolecular Hbond substituents is 1. The number of aromatic hydroxyl groups is 1. The highest BCUT2D eigenvalue weighted by molar-refractivity contribution is 5.48. The molecule has 1 atom stereocenters. The van der Waals surface area contributed by atoms with Gasteiger partial charge in [0.2, 0.25) is 0 Å². The van der Waals surface area contributed by atoms with Gasteiger partial charge in [0.1, 0.15) is 11.6 Å². The Bertz CT molecular complexity index is 551. The topological polar surface area (TPSA) is 32.3 Å². The van der Waals surface area contributed by atoms with Crippen LogP contribution in [0.2, 0.25) is 0 Å². The van der Waals surface area contributed by atoms with Gasteiger partial charge in [-0.2, -0.15) is 0 Å². The van der Waals surface area contributed by atoms with Crippen molar-refractivity contribution < 1.29 is 9.50 Å². The van der Waals surface area contributed by atoms with Crippen molar-refractivity contribution in [3.8, 4) is 5.75 Å². The molecule has 0 saturated heterocycles. The molecule has 2 N–H and O–H groups in total. The fourth-order valence-corrected chi connectivity index (χ4v) is 2.04. The van der Waals surface area contributed by atoms with E-state index in [-0.39, 0.29) is 17.6 Å². The number of hydrogen-bond donors (Lipinski definition) is 2. The van der Waals surface area contributed by atoms with E-state index in [2.05, 4.69) is 24.4 Å². The quantitative estimate of drug-likeness (QED) is 0.859. The highest BCUT2D eigenvalue weighted by Gasteiger charge is 2.11. The van der Waals surface area contributed by atoms with E-state index >= 15 is 0 Å². The lowest BCUT2D eigenvalue weighted by atomic mass is 10.1. The largest absolute Gasteiger partial charge is 0.508 e. The number of hydrogen-bond acceptors (Lipinski definition) is 2. The van der Waals surface area contributed by atoms with Crippen molar-refractivity contribution in [3.63, 3.8) is 0 Å². The van der Waals surface area contributed by atoms with Gasteiger partial charge in [-0.15, -0.1) is 0 Å². The molecule has 2 rings (SSSR count). The van der Waals surface area contributed by atoms with Gasteiger partial charge < -0.3 is 10.4 Å². The highest BCUT2D eigenvalue weighted by atomic mass is 19.1. The Hall–Kier alpha value is -2.03. The van der Waals surface area contributed by atoms with E-state index in [4.69, 9.17) is 0 Å². The summed E-state index contributed by atoms with van der Waals surface area (Å²) >= 11 is 0. The number of phenols is 1. The maximum atomic E-state index is 13.2. The number of nitrogens with one attached hydrogen (secondary N) is 1. The van der Waals surface area contributed by atoms with Gasteiger partial charge >= 0.3 is 0 Å². The molecule has 0 aliphatic carbocycles. The maximum absolute atomic E-state index is 13.2. The molecular formula is C16H18FNO. The summed E-state index contributed by atoms with van der Waals surface area (Å²) in [6.07, 6.45) is 1.00. The fourth-order valence-electron chi connectivity index (χ4n) is 2.04. The molecule has 0 aliphatic heterocycles. The van der Waals surface area contributed by atoms with Crippen LogP contribution in [0.5, 0.6) is 5.75 Å². The van der Waals surface area contributed by atoms with Crippen molar-refractivity contribution in [2.75, 3.05) is 5.32 Å². The predicted octanol–water partition coefficient (Wildman–Crippen LogP) is 4.27. The average Bonchev–Trinajstić information content (AvgIpc) is 2.42. The smallest absolute Gasteiger partial charge is 0.123 e. The van der Waals surface area contributed by atoms with Gasteiger partial charge in [-0.1, -0.05) is 19.1 Å². The number of halogens is 1. The monoisotopic (exact) mass is 259 g/mol. The zero-order chi connectivity index (χ0) is 13.8. The number of aryl methyl sites for hydroxylation is 1. The van der Waals surface area contributed by atoms with Crippen LogP contribution in [0.1, 0.15) is 31.0 Å². The molecular weight excluding hydrogens is 241 g/mol. The molecule has 0 saturated carbocycles. The third-order valence-electron chi connectivity index (χ3n) is 3.20. The molecule has 0 bridgehead atoms. The molecule has 100 valence electrons. The number of benzene rings is 2. The summed E-state index contributed by atoms with van der Waals surface area (Å²) in [6, 6.07) is 11.9. The molecule has 2 nitrogen and oxygen atoms in total. The van der Waals surface area contributed by atoms with Crippen LogP contribution in [0.4, 0.5) is 10.1 Å².